The largest absolute Gasteiger partial charge is 0.475 e. The molecule has 0 saturated carbocycles. The molecule has 2 N–H and O–H groups in total. The first kappa shape index (κ1) is 26.8. The van der Waals surface area contributed by atoms with Gasteiger partial charge in [0.2, 0.25) is 23.6 Å². The van der Waals surface area contributed by atoms with Crippen molar-refractivity contribution >= 4 is 11.8 Å². The third-order valence-corrected chi connectivity index (χ3v) is 7.50. The molecular formula is C34H28N4O5. The van der Waals surface area contributed by atoms with Gasteiger partial charge in [-0.1, -0.05) is 72.8 Å². The van der Waals surface area contributed by atoms with Gasteiger partial charge in [-0.15, -0.1) is 10.2 Å². The van der Waals surface area contributed by atoms with Crippen LogP contribution in [-0.2, 0) is 9.47 Å². The third kappa shape index (κ3) is 5.55. The van der Waals surface area contributed by atoms with Crippen LogP contribution < -0.4 is 0 Å². The van der Waals surface area contributed by atoms with Crippen LogP contribution in [-0.4, -0.2) is 57.5 Å². The number of rotatable bonds is 8. The molecule has 0 bridgehead atoms. The average molecular weight is 573 g/mol. The zero-order chi connectivity index (χ0) is 29.2. The number of hydrogen-bond acceptors (Lipinski definition) is 9. The van der Waals surface area contributed by atoms with Crippen molar-refractivity contribution in [3.8, 4) is 22.9 Å². The van der Waals surface area contributed by atoms with E-state index < -0.39 is 24.3 Å². The Morgan fingerprint density at radius 3 is 1.40 bits per heavy atom. The monoisotopic (exact) mass is 572 g/mol. The van der Waals surface area contributed by atoms with Crippen LogP contribution in [0.15, 0.2) is 124 Å². The quantitative estimate of drug-likeness (QED) is 0.263. The first-order chi connectivity index (χ1) is 21.1. The van der Waals surface area contributed by atoms with Gasteiger partial charge in [-0.3, -0.25) is 0 Å². The number of ether oxygens (including phenoxy) is 2. The molecule has 7 rings (SSSR count). The van der Waals surface area contributed by atoms with Crippen molar-refractivity contribution in [2.45, 2.75) is 24.3 Å². The SMILES string of the molecule is O[C@@H](c1ccccc1)[C@H]1COC(c2cccc(-c3nnc(-c4cccc(C5=N[C@@H]([C@@H](O)c6ccccc6)CO5)c4)o3)c2)=N1. The molecule has 0 spiro atoms. The van der Waals surface area contributed by atoms with E-state index in [2.05, 4.69) is 20.2 Å². The second-order valence-electron chi connectivity index (χ2n) is 10.4. The van der Waals surface area contributed by atoms with Gasteiger partial charge in [0, 0.05) is 22.3 Å². The summed E-state index contributed by atoms with van der Waals surface area (Å²) in [5.41, 5.74) is 4.54. The first-order valence-corrected chi connectivity index (χ1v) is 14.0. The Morgan fingerprint density at radius 2 is 0.953 bits per heavy atom. The second-order valence-corrected chi connectivity index (χ2v) is 10.4. The predicted octanol–water partition coefficient (Wildman–Crippen LogP) is 5.16. The second kappa shape index (κ2) is 11.6. The van der Waals surface area contributed by atoms with Crippen LogP contribution in [0.3, 0.4) is 0 Å². The molecular weight excluding hydrogens is 544 g/mol. The number of aliphatic hydroxyl groups is 2. The van der Waals surface area contributed by atoms with E-state index in [4.69, 9.17) is 13.9 Å². The first-order valence-electron chi connectivity index (χ1n) is 14.0. The summed E-state index contributed by atoms with van der Waals surface area (Å²) in [6.07, 6.45) is -1.51. The average Bonchev–Trinajstić information content (AvgIpc) is 3.87. The number of nitrogens with zero attached hydrogens (tertiary/aromatic N) is 4. The van der Waals surface area contributed by atoms with Crippen molar-refractivity contribution in [1.29, 1.82) is 0 Å². The Hall–Kier alpha value is -5.12. The lowest BCUT2D eigenvalue weighted by Gasteiger charge is -2.13. The Labute approximate surface area is 247 Å². The van der Waals surface area contributed by atoms with Crippen molar-refractivity contribution in [2.75, 3.05) is 13.2 Å². The number of aliphatic imine (C=N–C) groups is 2. The molecule has 9 nitrogen and oxygen atoms in total. The summed E-state index contributed by atoms with van der Waals surface area (Å²) in [7, 11) is 0. The molecule has 0 unspecified atom stereocenters. The summed E-state index contributed by atoms with van der Waals surface area (Å²) in [5, 5.41) is 30.1. The van der Waals surface area contributed by atoms with Gasteiger partial charge in [-0.05, 0) is 47.5 Å². The normalized spacial score (nSPS) is 19.2. The van der Waals surface area contributed by atoms with Gasteiger partial charge in [-0.25, -0.2) is 9.98 Å². The van der Waals surface area contributed by atoms with E-state index in [-0.39, 0.29) is 13.2 Å². The summed E-state index contributed by atoms with van der Waals surface area (Å²) in [6, 6.07) is 33.2. The lowest BCUT2D eigenvalue weighted by molar-refractivity contribution is 0.129. The van der Waals surface area contributed by atoms with Gasteiger partial charge in [0.15, 0.2) is 0 Å². The van der Waals surface area contributed by atoms with Crippen molar-refractivity contribution in [3.63, 3.8) is 0 Å². The molecule has 0 amide bonds. The fourth-order valence-corrected chi connectivity index (χ4v) is 5.19. The van der Waals surface area contributed by atoms with E-state index in [0.29, 0.717) is 34.7 Å². The fraction of sp³-hybridized carbons (Fsp3) is 0.176. The fourth-order valence-electron chi connectivity index (χ4n) is 5.19. The van der Waals surface area contributed by atoms with Gasteiger partial charge in [0.1, 0.15) is 37.5 Å². The van der Waals surface area contributed by atoms with Crippen LogP contribution in [0.4, 0.5) is 0 Å². The standard InChI is InChI=1S/C34H28N4O5/c39-29(21-9-3-1-4-10-21)27-19-41-31(35-27)23-13-7-15-25(17-23)33-37-38-34(43-33)26-16-8-14-24(18-26)32-36-28(20-42-32)30(40)22-11-5-2-6-12-22/h1-18,27-30,39-40H,19-20H2/t27-,28-,29+,30+/m1/s1. The number of benzene rings is 4. The molecule has 2 aliphatic rings. The van der Waals surface area contributed by atoms with E-state index in [9.17, 15) is 10.2 Å². The Morgan fingerprint density at radius 1 is 0.535 bits per heavy atom. The highest BCUT2D eigenvalue weighted by Crippen LogP contribution is 2.29. The Balaban J connectivity index is 1.08. The molecule has 5 aromatic rings. The van der Waals surface area contributed by atoms with Crippen LogP contribution in [0.1, 0.15) is 34.5 Å². The molecule has 1 aromatic heterocycles. The van der Waals surface area contributed by atoms with E-state index in [1.165, 1.54) is 0 Å². The summed E-state index contributed by atoms with van der Waals surface area (Å²) >= 11 is 0. The number of aromatic nitrogens is 2. The van der Waals surface area contributed by atoms with Gasteiger partial charge in [-0.2, -0.15) is 0 Å². The minimum absolute atomic E-state index is 0.289. The van der Waals surface area contributed by atoms with Crippen molar-refractivity contribution < 1.29 is 24.1 Å². The molecule has 2 aliphatic heterocycles. The minimum Gasteiger partial charge on any atom is -0.475 e. The maximum absolute atomic E-state index is 10.8. The van der Waals surface area contributed by atoms with Crippen LogP contribution in [0.2, 0.25) is 0 Å². The highest BCUT2D eigenvalue weighted by molar-refractivity contribution is 5.97. The van der Waals surface area contributed by atoms with E-state index in [0.717, 1.165) is 22.3 Å². The van der Waals surface area contributed by atoms with Gasteiger partial charge in [0.05, 0.1) is 0 Å². The Bertz CT molecular complexity index is 1660. The number of aliphatic hydroxyl groups excluding tert-OH is 2. The topological polar surface area (TPSA) is 123 Å². The zero-order valence-corrected chi connectivity index (χ0v) is 23.0. The molecule has 214 valence electrons. The van der Waals surface area contributed by atoms with E-state index in [1.54, 1.807) is 0 Å². The lowest BCUT2D eigenvalue weighted by Crippen LogP contribution is -2.17. The molecule has 4 atom stereocenters. The molecule has 0 fully saturated rings. The van der Waals surface area contributed by atoms with E-state index >= 15 is 0 Å². The molecule has 4 aromatic carbocycles. The van der Waals surface area contributed by atoms with Gasteiger partial charge in [0.25, 0.3) is 0 Å². The molecule has 3 heterocycles. The summed E-state index contributed by atoms with van der Waals surface area (Å²) in [5.74, 6) is 1.62. The molecule has 0 saturated heterocycles. The summed E-state index contributed by atoms with van der Waals surface area (Å²) < 4.78 is 17.8. The highest BCUT2D eigenvalue weighted by atomic mass is 16.5. The molecule has 43 heavy (non-hydrogen) atoms. The van der Waals surface area contributed by atoms with Crippen molar-refractivity contribution in [3.05, 3.63) is 131 Å². The van der Waals surface area contributed by atoms with Crippen LogP contribution in [0, 0.1) is 0 Å². The molecule has 9 heteroatoms. The Kier molecular flexibility index (Phi) is 7.24. The number of hydrogen-bond donors (Lipinski definition) is 2. The molecule has 0 aliphatic carbocycles. The smallest absolute Gasteiger partial charge is 0.248 e. The van der Waals surface area contributed by atoms with Crippen molar-refractivity contribution in [1.82, 2.24) is 10.2 Å². The maximum Gasteiger partial charge on any atom is 0.248 e. The van der Waals surface area contributed by atoms with Gasteiger partial charge >= 0.3 is 0 Å². The minimum atomic E-state index is -0.753. The third-order valence-electron chi connectivity index (χ3n) is 7.50. The highest BCUT2D eigenvalue weighted by Gasteiger charge is 2.29. The lowest BCUT2D eigenvalue weighted by atomic mass is 10.0. The van der Waals surface area contributed by atoms with Gasteiger partial charge < -0.3 is 24.1 Å². The maximum atomic E-state index is 10.8. The van der Waals surface area contributed by atoms with E-state index in [1.807, 2.05) is 109 Å². The van der Waals surface area contributed by atoms with Crippen LogP contribution >= 0.6 is 0 Å². The van der Waals surface area contributed by atoms with Crippen molar-refractivity contribution in [2.24, 2.45) is 9.98 Å². The summed E-state index contributed by atoms with van der Waals surface area (Å²) in [4.78, 5) is 9.28. The summed E-state index contributed by atoms with van der Waals surface area (Å²) in [6.45, 7) is 0.579. The zero-order valence-electron chi connectivity index (χ0n) is 23.0. The van der Waals surface area contributed by atoms with Crippen LogP contribution in [0.25, 0.3) is 22.9 Å². The molecule has 0 radical (unpaired) electrons. The predicted molar refractivity (Wildman–Crippen MR) is 161 cm³/mol. The van der Waals surface area contributed by atoms with Crippen LogP contribution in [0.5, 0.6) is 0 Å².